The van der Waals surface area contributed by atoms with Gasteiger partial charge in [-0.15, -0.1) is 11.8 Å². The normalized spacial score (nSPS) is 12.1. The second kappa shape index (κ2) is 11.7. The highest BCUT2D eigenvalue weighted by atomic mass is 32.2. The van der Waals surface area contributed by atoms with E-state index in [4.69, 9.17) is 9.40 Å². The molecular weight excluding hydrogens is 432 g/mol. The van der Waals surface area contributed by atoms with Gasteiger partial charge in [0, 0.05) is 4.90 Å². The summed E-state index contributed by atoms with van der Waals surface area (Å²) < 4.78 is 6.08. The molecule has 0 bridgehead atoms. The van der Waals surface area contributed by atoms with Gasteiger partial charge in [0.15, 0.2) is 5.58 Å². The number of carboxylic acid groups (broad SMARTS) is 1. The third-order valence-electron chi connectivity index (χ3n) is 5.54. The summed E-state index contributed by atoms with van der Waals surface area (Å²) >= 11 is 1.61. The summed E-state index contributed by atoms with van der Waals surface area (Å²) in [5, 5.41) is 12.8. The number of thioether (sulfide) groups is 1. The standard InChI is InChI=1S/C27H28N2O3S/c30-27(31)22-12-4-7-15-25(22)33-19-9-8-17-28-18-16-21(20-10-2-1-3-11-20)26-29-23-13-5-6-14-24(23)32-26/h1-7,10-15,21,28H,8-9,16-19H2,(H,30,31). The largest absolute Gasteiger partial charge is 0.478 e. The van der Waals surface area contributed by atoms with E-state index < -0.39 is 5.97 Å². The Morgan fingerprint density at radius 1 is 0.939 bits per heavy atom. The molecule has 1 aromatic heterocycles. The molecule has 0 aliphatic rings. The average Bonchev–Trinajstić information content (AvgIpc) is 3.27. The highest BCUT2D eigenvalue weighted by Gasteiger charge is 2.20. The predicted molar refractivity (Wildman–Crippen MR) is 133 cm³/mol. The highest BCUT2D eigenvalue weighted by molar-refractivity contribution is 7.99. The first-order chi connectivity index (χ1) is 16.2. The maximum Gasteiger partial charge on any atom is 0.336 e. The van der Waals surface area contributed by atoms with E-state index >= 15 is 0 Å². The third kappa shape index (κ3) is 6.24. The number of carbonyl (C=O) groups is 1. The lowest BCUT2D eigenvalue weighted by Gasteiger charge is -2.14. The van der Waals surface area contributed by atoms with E-state index in [1.54, 1.807) is 23.9 Å². The molecule has 0 saturated heterocycles. The number of rotatable bonds is 12. The maximum absolute atomic E-state index is 11.3. The third-order valence-corrected chi connectivity index (χ3v) is 6.70. The number of aromatic nitrogens is 1. The van der Waals surface area contributed by atoms with Crippen LogP contribution in [0.1, 0.15) is 47.0 Å². The molecule has 1 atom stereocenters. The van der Waals surface area contributed by atoms with E-state index in [9.17, 15) is 9.90 Å². The number of benzene rings is 3. The summed E-state index contributed by atoms with van der Waals surface area (Å²) in [5.74, 6) is 0.903. The Hall–Kier alpha value is -3.09. The number of aromatic carboxylic acids is 1. The van der Waals surface area contributed by atoms with Crippen molar-refractivity contribution in [1.29, 1.82) is 0 Å². The molecule has 5 nitrogen and oxygen atoms in total. The summed E-state index contributed by atoms with van der Waals surface area (Å²) in [7, 11) is 0. The Morgan fingerprint density at radius 2 is 1.70 bits per heavy atom. The number of hydrogen-bond acceptors (Lipinski definition) is 5. The molecule has 0 amide bonds. The predicted octanol–water partition coefficient (Wildman–Crippen LogP) is 6.21. The van der Waals surface area contributed by atoms with E-state index in [0.29, 0.717) is 5.56 Å². The zero-order valence-corrected chi connectivity index (χ0v) is 19.3. The molecule has 33 heavy (non-hydrogen) atoms. The monoisotopic (exact) mass is 460 g/mol. The summed E-state index contributed by atoms with van der Waals surface area (Å²) in [4.78, 5) is 16.9. The Balaban J connectivity index is 1.24. The lowest BCUT2D eigenvalue weighted by molar-refractivity contribution is 0.0693. The minimum atomic E-state index is -0.869. The summed E-state index contributed by atoms with van der Waals surface area (Å²) in [5.41, 5.74) is 3.30. The zero-order valence-electron chi connectivity index (χ0n) is 18.4. The summed E-state index contributed by atoms with van der Waals surface area (Å²) in [6.07, 6.45) is 2.97. The van der Waals surface area contributed by atoms with Gasteiger partial charge in [0.05, 0.1) is 11.5 Å². The molecule has 0 aliphatic carbocycles. The fourth-order valence-electron chi connectivity index (χ4n) is 3.83. The molecule has 170 valence electrons. The van der Waals surface area contributed by atoms with Crippen molar-refractivity contribution in [2.24, 2.45) is 0 Å². The van der Waals surface area contributed by atoms with Crippen molar-refractivity contribution < 1.29 is 14.3 Å². The Labute approximate surface area is 198 Å². The number of fused-ring (bicyclic) bond motifs is 1. The number of nitrogens with one attached hydrogen (secondary N) is 1. The van der Waals surface area contributed by atoms with Gasteiger partial charge in [-0.2, -0.15) is 0 Å². The van der Waals surface area contributed by atoms with Gasteiger partial charge < -0.3 is 14.8 Å². The van der Waals surface area contributed by atoms with Crippen LogP contribution in [0.5, 0.6) is 0 Å². The Morgan fingerprint density at radius 3 is 2.52 bits per heavy atom. The first-order valence-corrected chi connectivity index (χ1v) is 12.3. The lowest BCUT2D eigenvalue weighted by atomic mass is 9.95. The molecular formula is C27H28N2O3S. The molecule has 0 aliphatic heterocycles. The number of nitrogens with zero attached hydrogens (tertiary/aromatic N) is 1. The topological polar surface area (TPSA) is 75.4 Å². The van der Waals surface area contributed by atoms with Crippen molar-refractivity contribution in [2.75, 3.05) is 18.8 Å². The van der Waals surface area contributed by atoms with Crippen LogP contribution in [0.25, 0.3) is 11.1 Å². The molecule has 0 radical (unpaired) electrons. The lowest BCUT2D eigenvalue weighted by Crippen LogP contribution is -2.19. The average molecular weight is 461 g/mol. The molecule has 1 unspecified atom stereocenters. The van der Waals surface area contributed by atoms with Crippen LogP contribution in [0.15, 0.2) is 88.2 Å². The van der Waals surface area contributed by atoms with E-state index in [2.05, 4.69) is 29.6 Å². The van der Waals surface area contributed by atoms with Crippen molar-refractivity contribution in [1.82, 2.24) is 10.3 Å². The molecule has 4 aromatic rings. The number of carboxylic acids is 1. The SMILES string of the molecule is O=C(O)c1ccccc1SCCCCNCCC(c1ccccc1)c1nc2ccccc2o1. The second-order valence-electron chi connectivity index (χ2n) is 7.88. The first-order valence-electron chi connectivity index (χ1n) is 11.3. The van der Waals surface area contributed by atoms with E-state index in [0.717, 1.165) is 60.0 Å². The van der Waals surface area contributed by atoms with Gasteiger partial charge in [0.25, 0.3) is 0 Å². The van der Waals surface area contributed by atoms with Crippen LogP contribution < -0.4 is 5.32 Å². The second-order valence-corrected chi connectivity index (χ2v) is 9.02. The van der Waals surface area contributed by atoms with Crippen LogP contribution in [-0.2, 0) is 0 Å². The van der Waals surface area contributed by atoms with Crippen molar-refractivity contribution in [3.05, 3.63) is 95.9 Å². The zero-order chi connectivity index (χ0) is 22.9. The minimum Gasteiger partial charge on any atom is -0.478 e. The van der Waals surface area contributed by atoms with Gasteiger partial charge >= 0.3 is 5.97 Å². The van der Waals surface area contributed by atoms with Gasteiger partial charge in [-0.05, 0) is 67.9 Å². The van der Waals surface area contributed by atoms with Crippen LogP contribution in [0.4, 0.5) is 0 Å². The molecule has 0 fully saturated rings. The minimum absolute atomic E-state index is 0.106. The smallest absolute Gasteiger partial charge is 0.336 e. The Bertz CT molecular complexity index is 1140. The number of para-hydroxylation sites is 2. The molecule has 0 saturated carbocycles. The van der Waals surface area contributed by atoms with Crippen molar-refractivity contribution in [3.63, 3.8) is 0 Å². The Kier molecular flexibility index (Phi) is 8.17. The summed E-state index contributed by atoms with van der Waals surface area (Å²) in [6.45, 7) is 1.80. The van der Waals surface area contributed by atoms with Crippen molar-refractivity contribution in [2.45, 2.75) is 30.1 Å². The van der Waals surface area contributed by atoms with Gasteiger partial charge in [-0.3, -0.25) is 0 Å². The van der Waals surface area contributed by atoms with E-state index in [1.165, 1.54) is 5.56 Å². The number of oxazole rings is 1. The number of unbranched alkanes of at least 4 members (excludes halogenated alkanes) is 1. The van der Waals surface area contributed by atoms with Crippen molar-refractivity contribution in [3.8, 4) is 0 Å². The van der Waals surface area contributed by atoms with Crippen LogP contribution in [0, 0.1) is 0 Å². The molecule has 0 spiro atoms. The van der Waals surface area contributed by atoms with Gasteiger partial charge in [-0.1, -0.05) is 54.6 Å². The van der Waals surface area contributed by atoms with Crippen molar-refractivity contribution >= 4 is 28.8 Å². The summed E-state index contributed by atoms with van der Waals surface area (Å²) in [6, 6.07) is 25.5. The maximum atomic E-state index is 11.3. The number of hydrogen-bond donors (Lipinski definition) is 2. The fourth-order valence-corrected chi connectivity index (χ4v) is 4.89. The van der Waals surface area contributed by atoms with Gasteiger partial charge in [-0.25, -0.2) is 9.78 Å². The van der Waals surface area contributed by atoms with Crippen LogP contribution in [0.2, 0.25) is 0 Å². The van der Waals surface area contributed by atoms with Crippen LogP contribution in [-0.4, -0.2) is 34.9 Å². The van der Waals surface area contributed by atoms with Crippen LogP contribution in [0.3, 0.4) is 0 Å². The molecule has 3 aromatic carbocycles. The molecule has 6 heteroatoms. The van der Waals surface area contributed by atoms with E-state index in [-0.39, 0.29) is 5.92 Å². The molecule has 1 heterocycles. The fraction of sp³-hybridized carbons (Fsp3) is 0.259. The van der Waals surface area contributed by atoms with Gasteiger partial charge in [0.1, 0.15) is 5.52 Å². The molecule has 2 N–H and O–H groups in total. The molecule has 4 rings (SSSR count). The van der Waals surface area contributed by atoms with Crippen LogP contribution >= 0.6 is 11.8 Å². The quantitative estimate of drug-likeness (QED) is 0.193. The van der Waals surface area contributed by atoms with Gasteiger partial charge in [0.2, 0.25) is 5.89 Å². The highest BCUT2D eigenvalue weighted by Crippen LogP contribution is 2.29. The first kappa shape index (κ1) is 23.1. The van der Waals surface area contributed by atoms with E-state index in [1.807, 2.05) is 42.5 Å².